The van der Waals surface area contributed by atoms with Crippen LogP contribution in [-0.4, -0.2) is 23.8 Å². The fourth-order valence-corrected chi connectivity index (χ4v) is 1.65. The van der Waals surface area contributed by atoms with Gasteiger partial charge in [-0.25, -0.2) is 4.79 Å². The van der Waals surface area contributed by atoms with Gasteiger partial charge in [-0.2, -0.15) is 0 Å². The van der Waals surface area contributed by atoms with Gasteiger partial charge in [-0.05, 0) is 31.0 Å². The van der Waals surface area contributed by atoms with Crippen LogP contribution in [0.2, 0.25) is 0 Å². The number of nitrogens with one attached hydrogen (secondary N) is 1. The van der Waals surface area contributed by atoms with Crippen molar-refractivity contribution in [1.82, 2.24) is 0 Å². The molecule has 1 unspecified atom stereocenters. The third kappa shape index (κ3) is 5.57. The first-order valence-corrected chi connectivity index (χ1v) is 7.05. The molecule has 22 heavy (non-hydrogen) atoms. The fourth-order valence-electron chi connectivity index (χ4n) is 1.65. The molecule has 0 aromatic heterocycles. The lowest BCUT2D eigenvalue weighted by molar-refractivity contribution is -0.134. The molecular formula is C16H21NO5. The third-order valence-electron chi connectivity index (χ3n) is 2.73. The van der Waals surface area contributed by atoms with E-state index in [9.17, 15) is 14.7 Å². The number of aliphatic hydroxyl groups is 1. The zero-order chi connectivity index (χ0) is 16.5. The highest BCUT2D eigenvalue weighted by atomic mass is 16.6. The predicted octanol–water partition coefficient (Wildman–Crippen LogP) is 3.18. The number of hydrogen-bond donors (Lipinski definition) is 2. The second-order valence-electron chi connectivity index (χ2n) is 4.67. The van der Waals surface area contributed by atoms with Gasteiger partial charge in [-0.15, -0.1) is 0 Å². The van der Waals surface area contributed by atoms with Crippen molar-refractivity contribution in [3.63, 3.8) is 0 Å². The number of benzene rings is 1. The standard InChI is InChI=1S/C16H21NO5/c1-4-6-15(19)22-14-8-7-12(11(3)18)10-13(14)17-16(20)21-9-5-2/h5,7-8,10-11,18H,2,4,6,9H2,1,3H3,(H,17,20). The molecule has 120 valence electrons. The Morgan fingerprint density at radius 1 is 1.45 bits per heavy atom. The minimum atomic E-state index is -0.717. The van der Waals surface area contributed by atoms with Gasteiger partial charge in [0.2, 0.25) is 0 Å². The minimum Gasteiger partial charge on any atom is -0.445 e. The van der Waals surface area contributed by atoms with Crippen molar-refractivity contribution < 1.29 is 24.2 Å². The molecule has 1 atom stereocenters. The molecule has 1 aromatic rings. The second kappa shape index (κ2) is 8.84. The van der Waals surface area contributed by atoms with Gasteiger partial charge in [0.1, 0.15) is 6.61 Å². The summed E-state index contributed by atoms with van der Waals surface area (Å²) in [6.45, 7) is 6.97. The molecule has 0 aliphatic carbocycles. The number of ether oxygens (including phenoxy) is 2. The first-order chi connectivity index (χ1) is 10.5. The van der Waals surface area contributed by atoms with Gasteiger partial charge in [0.15, 0.2) is 5.75 Å². The Kier molecular flexibility index (Phi) is 7.12. The Balaban J connectivity index is 2.96. The lowest BCUT2D eigenvalue weighted by Crippen LogP contribution is -2.16. The Bertz CT molecular complexity index is 539. The van der Waals surface area contributed by atoms with E-state index in [1.54, 1.807) is 13.0 Å². The van der Waals surface area contributed by atoms with Crippen LogP contribution in [0.5, 0.6) is 5.75 Å². The summed E-state index contributed by atoms with van der Waals surface area (Å²) < 4.78 is 10.0. The maximum Gasteiger partial charge on any atom is 0.412 e. The molecule has 0 bridgehead atoms. The summed E-state index contributed by atoms with van der Waals surface area (Å²) in [6, 6.07) is 4.69. The van der Waals surface area contributed by atoms with Gasteiger partial charge in [0.05, 0.1) is 11.8 Å². The molecule has 1 amide bonds. The maximum atomic E-state index is 11.6. The van der Waals surface area contributed by atoms with E-state index in [4.69, 9.17) is 9.47 Å². The van der Waals surface area contributed by atoms with E-state index in [1.165, 1.54) is 18.2 Å². The molecule has 2 N–H and O–H groups in total. The Morgan fingerprint density at radius 2 is 2.18 bits per heavy atom. The molecule has 0 aliphatic heterocycles. The SMILES string of the molecule is C=CCOC(=O)Nc1cc(C(C)O)ccc1OC(=O)CCC. The van der Waals surface area contributed by atoms with E-state index >= 15 is 0 Å². The molecule has 0 spiro atoms. The van der Waals surface area contributed by atoms with E-state index < -0.39 is 18.2 Å². The van der Waals surface area contributed by atoms with Crippen LogP contribution in [-0.2, 0) is 9.53 Å². The van der Waals surface area contributed by atoms with Crippen LogP contribution in [0.4, 0.5) is 10.5 Å². The number of carbonyl (C=O) groups excluding carboxylic acids is 2. The third-order valence-corrected chi connectivity index (χ3v) is 2.73. The summed E-state index contributed by atoms with van der Waals surface area (Å²) in [5, 5.41) is 12.1. The molecule has 0 heterocycles. The molecule has 0 fully saturated rings. The summed E-state index contributed by atoms with van der Waals surface area (Å²) in [7, 11) is 0. The monoisotopic (exact) mass is 307 g/mol. The van der Waals surface area contributed by atoms with Crippen LogP contribution in [0.1, 0.15) is 38.4 Å². The van der Waals surface area contributed by atoms with Crippen molar-refractivity contribution in [2.75, 3.05) is 11.9 Å². The summed E-state index contributed by atoms with van der Waals surface area (Å²) in [5.74, 6) is -0.187. The summed E-state index contributed by atoms with van der Waals surface area (Å²) in [5.41, 5.74) is 0.839. The van der Waals surface area contributed by atoms with Crippen molar-refractivity contribution in [1.29, 1.82) is 0 Å². The topological polar surface area (TPSA) is 84.9 Å². The summed E-state index contributed by atoms with van der Waals surface area (Å²) in [6.07, 6.45) is 0.960. The highest BCUT2D eigenvalue weighted by Crippen LogP contribution is 2.29. The first kappa shape index (κ1) is 17.7. The van der Waals surface area contributed by atoms with Gasteiger partial charge in [0.25, 0.3) is 0 Å². The maximum absolute atomic E-state index is 11.6. The number of hydrogen-bond acceptors (Lipinski definition) is 5. The molecule has 0 saturated carbocycles. The fraction of sp³-hybridized carbons (Fsp3) is 0.375. The van der Waals surface area contributed by atoms with Gasteiger partial charge < -0.3 is 14.6 Å². The van der Waals surface area contributed by atoms with Gasteiger partial charge in [-0.3, -0.25) is 10.1 Å². The first-order valence-electron chi connectivity index (χ1n) is 7.05. The average Bonchev–Trinajstić information content (AvgIpc) is 2.47. The van der Waals surface area contributed by atoms with Crippen molar-refractivity contribution in [3.8, 4) is 5.75 Å². The molecule has 1 rings (SSSR count). The lowest BCUT2D eigenvalue weighted by Gasteiger charge is -2.14. The largest absolute Gasteiger partial charge is 0.445 e. The van der Waals surface area contributed by atoms with Crippen LogP contribution in [0, 0.1) is 0 Å². The van der Waals surface area contributed by atoms with Gasteiger partial charge in [0, 0.05) is 6.42 Å². The smallest absolute Gasteiger partial charge is 0.412 e. The Morgan fingerprint density at radius 3 is 2.77 bits per heavy atom. The predicted molar refractivity (Wildman–Crippen MR) is 82.8 cm³/mol. The number of anilines is 1. The van der Waals surface area contributed by atoms with Crippen molar-refractivity contribution in [3.05, 3.63) is 36.4 Å². The number of amides is 1. The highest BCUT2D eigenvalue weighted by molar-refractivity contribution is 5.88. The van der Waals surface area contributed by atoms with Crippen molar-refractivity contribution >= 4 is 17.7 Å². The quantitative estimate of drug-likeness (QED) is 0.459. The van der Waals surface area contributed by atoms with Crippen LogP contribution >= 0.6 is 0 Å². The Hall–Kier alpha value is -2.34. The van der Waals surface area contributed by atoms with Crippen molar-refractivity contribution in [2.45, 2.75) is 32.8 Å². The Labute approximate surface area is 129 Å². The zero-order valence-electron chi connectivity index (χ0n) is 12.8. The van der Waals surface area contributed by atoms with E-state index in [-0.39, 0.29) is 24.5 Å². The number of esters is 1. The molecule has 1 aromatic carbocycles. The number of rotatable bonds is 7. The molecular weight excluding hydrogens is 286 g/mol. The molecule has 0 aliphatic rings. The van der Waals surface area contributed by atoms with Crippen molar-refractivity contribution in [2.24, 2.45) is 0 Å². The molecule has 6 nitrogen and oxygen atoms in total. The second-order valence-corrected chi connectivity index (χ2v) is 4.67. The zero-order valence-corrected chi connectivity index (χ0v) is 12.8. The van der Waals surface area contributed by atoms with E-state index in [0.717, 1.165) is 0 Å². The highest BCUT2D eigenvalue weighted by Gasteiger charge is 2.14. The normalized spacial score (nSPS) is 11.4. The number of aliphatic hydroxyl groups excluding tert-OH is 1. The summed E-state index contributed by atoms with van der Waals surface area (Å²) >= 11 is 0. The lowest BCUT2D eigenvalue weighted by atomic mass is 10.1. The van der Waals surface area contributed by atoms with E-state index in [0.29, 0.717) is 12.0 Å². The number of carbonyl (C=O) groups is 2. The van der Waals surface area contributed by atoms with Crippen LogP contribution < -0.4 is 10.1 Å². The van der Waals surface area contributed by atoms with Crippen LogP contribution in [0.15, 0.2) is 30.9 Å². The van der Waals surface area contributed by atoms with E-state index in [1.807, 2.05) is 6.92 Å². The molecule has 0 saturated heterocycles. The molecule has 6 heteroatoms. The van der Waals surface area contributed by atoms with Gasteiger partial charge >= 0.3 is 12.1 Å². The minimum absolute atomic E-state index is 0.0624. The average molecular weight is 307 g/mol. The van der Waals surface area contributed by atoms with Gasteiger partial charge in [-0.1, -0.05) is 25.6 Å². The van der Waals surface area contributed by atoms with E-state index in [2.05, 4.69) is 11.9 Å². The van der Waals surface area contributed by atoms with Crippen LogP contribution in [0.25, 0.3) is 0 Å². The van der Waals surface area contributed by atoms with Crippen LogP contribution in [0.3, 0.4) is 0 Å². The summed E-state index contributed by atoms with van der Waals surface area (Å²) in [4.78, 5) is 23.2. The molecule has 0 radical (unpaired) electrons.